The van der Waals surface area contributed by atoms with Crippen molar-refractivity contribution in [2.24, 2.45) is 0 Å². The maximum Gasteiger partial charge on any atom is 0.408 e. The molecule has 2 aromatic carbocycles. The monoisotopic (exact) mass is 371 g/mol. The predicted molar refractivity (Wildman–Crippen MR) is 103 cm³/mol. The van der Waals surface area contributed by atoms with Gasteiger partial charge in [-0.3, -0.25) is 4.98 Å². The number of hydrogen-bond acceptors (Lipinski definition) is 5. The van der Waals surface area contributed by atoms with Gasteiger partial charge in [0.25, 0.3) is 0 Å². The van der Waals surface area contributed by atoms with E-state index in [0.29, 0.717) is 11.4 Å². The van der Waals surface area contributed by atoms with Gasteiger partial charge < -0.3 is 14.8 Å². The first kappa shape index (κ1) is 17.6. The Labute approximate surface area is 162 Å². The summed E-state index contributed by atoms with van der Waals surface area (Å²) in [4.78, 5) is 20.1. The van der Waals surface area contributed by atoms with Crippen LogP contribution in [0.4, 0.5) is 4.79 Å². The van der Waals surface area contributed by atoms with Crippen molar-refractivity contribution in [1.29, 1.82) is 0 Å². The van der Waals surface area contributed by atoms with E-state index in [-0.39, 0.29) is 6.04 Å². The summed E-state index contributed by atoms with van der Waals surface area (Å²) in [7, 11) is 1.61. The lowest BCUT2D eigenvalue weighted by Crippen LogP contribution is -2.19. The summed E-state index contributed by atoms with van der Waals surface area (Å²) in [6.45, 7) is 0. The lowest BCUT2D eigenvalue weighted by Gasteiger charge is -2.18. The van der Waals surface area contributed by atoms with Gasteiger partial charge in [0.2, 0.25) is 0 Å². The van der Waals surface area contributed by atoms with Crippen LogP contribution in [0.3, 0.4) is 0 Å². The fourth-order valence-electron chi connectivity index (χ4n) is 3.07. The van der Waals surface area contributed by atoms with Gasteiger partial charge in [0.15, 0.2) is 6.10 Å². The highest BCUT2D eigenvalue weighted by Gasteiger charge is 2.36. The average molecular weight is 371 g/mol. The summed E-state index contributed by atoms with van der Waals surface area (Å²) in [5, 5.41) is 2.88. The normalized spacial score (nSPS) is 17.8. The third-order valence-corrected chi connectivity index (χ3v) is 4.38. The number of amides is 1. The number of ether oxygens (including phenoxy) is 2. The minimum atomic E-state index is -0.453. The largest absolute Gasteiger partial charge is 0.497 e. The van der Waals surface area contributed by atoms with E-state index >= 15 is 0 Å². The number of hydrogen-bond donors (Lipinski definition) is 1. The van der Waals surface area contributed by atoms with E-state index in [1.807, 2.05) is 48.5 Å². The number of nitrogens with one attached hydrogen (secondary N) is 1. The molecule has 0 spiro atoms. The quantitative estimate of drug-likeness (QED) is 0.715. The topological polar surface area (TPSA) is 73.3 Å². The number of alkyl carbamates (subject to hydrolysis) is 1. The molecule has 4 rings (SSSR count). The molecule has 2 heterocycles. The molecule has 138 valence electrons. The first-order valence-corrected chi connectivity index (χ1v) is 8.72. The Morgan fingerprint density at radius 2 is 1.93 bits per heavy atom. The minimum absolute atomic E-state index is 0.321. The first-order valence-electron chi connectivity index (χ1n) is 8.72. The summed E-state index contributed by atoms with van der Waals surface area (Å²) >= 11 is 0. The van der Waals surface area contributed by atoms with Crippen LogP contribution in [0, 0.1) is 11.8 Å². The van der Waals surface area contributed by atoms with E-state index < -0.39 is 12.2 Å². The third kappa shape index (κ3) is 3.79. The van der Waals surface area contributed by atoms with Gasteiger partial charge in [0.05, 0.1) is 19.3 Å². The van der Waals surface area contributed by atoms with Crippen molar-refractivity contribution in [2.45, 2.75) is 12.1 Å². The Morgan fingerprint density at radius 1 is 1.07 bits per heavy atom. The van der Waals surface area contributed by atoms with Crippen LogP contribution in [0.25, 0.3) is 0 Å². The van der Waals surface area contributed by atoms with E-state index in [1.54, 1.807) is 25.7 Å². The fraction of sp³-hybridized carbons (Fsp3) is 0.136. The maximum absolute atomic E-state index is 12.0. The van der Waals surface area contributed by atoms with Crippen LogP contribution in [0.1, 0.15) is 34.5 Å². The van der Waals surface area contributed by atoms with Crippen LogP contribution < -0.4 is 10.1 Å². The van der Waals surface area contributed by atoms with Gasteiger partial charge in [-0.15, -0.1) is 0 Å². The Hall–Kier alpha value is -3.85. The molecule has 0 radical (unpaired) electrons. The molecule has 1 saturated heterocycles. The number of carbonyl (C=O) groups excluding carboxylic acids is 1. The van der Waals surface area contributed by atoms with Gasteiger partial charge in [-0.05, 0) is 41.3 Å². The zero-order valence-corrected chi connectivity index (χ0v) is 15.1. The smallest absolute Gasteiger partial charge is 0.408 e. The highest BCUT2D eigenvalue weighted by molar-refractivity contribution is 5.71. The molecule has 0 bridgehead atoms. The lowest BCUT2D eigenvalue weighted by molar-refractivity contribution is 0.132. The Balaban J connectivity index is 1.64. The molecule has 1 aliphatic heterocycles. The van der Waals surface area contributed by atoms with Crippen LogP contribution in [-0.4, -0.2) is 23.2 Å². The van der Waals surface area contributed by atoms with Crippen molar-refractivity contribution in [3.63, 3.8) is 0 Å². The molecule has 6 heteroatoms. The van der Waals surface area contributed by atoms with E-state index in [2.05, 4.69) is 27.1 Å². The summed E-state index contributed by atoms with van der Waals surface area (Å²) < 4.78 is 10.8. The Bertz CT molecular complexity index is 1060. The standard InChI is InChI=1S/C22H17N3O3/c1-27-19-7-3-6-17(13-19)21-20(25-22(26)28-21)16-5-2-4-15(12-16)8-9-18-14-23-10-11-24-18/h2-7,10-14,20-21H,1H3,(H,25,26)/t20-,21-/m1/s1. The van der Waals surface area contributed by atoms with Gasteiger partial charge >= 0.3 is 6.09 Å². The molecular weight excluding hydrogens is 354 g/mol. The number of carbonyl (C=O) groups is 1. The molecule has 28 heavy (non-hydrogen) atoms. The fourth-order valence-corrected chi connectivity index (χ4v) is 3.07. The van der Waals surface area contributed by atoms with Crippen molar-refractivity contribution >= 4 is 6.09 Å². The van der Waals surface area contributed by atoms with E-state index in [0.717, 1.165) is 16.7 Å². The number of aromatic nitrogens is 2. The number of nitrogens with zero attached hydrogens (tertiary/aromatic N) is 2. The zero-order valence-electron chi connectivity index (χ0n) is 15.1. The SMILES string of the molecule is COc1cccc([C@H]2OC(=O)N[C@@H]2c2cccc(C#Cc3cnccn3)c2)c1. The number of cyclic esters (lactones) is 1. The van der Waals surface area contributed by atoms with Crippen LogP contribution in [0.2, 0.25) is 0 Å². The zero-order chi connectivity index (χ0) is 19.3. The van der Waals surface area contributed by atoms with Gasteiger partial charge in [-0.2, -0.15) is 0 Å². The first-order chi connectivity index (χ1) is 13.7. The van der Waals surface area contributed by atoms with E-state index in [1.165, 1.54) is 0 Å². The molecule has 3 aromatic rings. The maximum atomic E-state index is 12.0. The number of benzene rings is 2. The average Bonchev–Trinajstić information content (AvgIpc) is 3.15. The number of methoxy groups -OCH3 is 1. The molecule has 0 saturated carbocycles. The van der Waals surface area contributed by atoms with E-state index in [4.69, 9.17) is 9.47 Å². The van der Waals surface area contributed by atoms with E-state index in [9.17, 15) is 4.79 Å². The van der Waals surface area contributed by atoms with Crippen molar-refractivity contribution in [3.8, 4) is 17.6 Å². The summed E-state index contributed by atoms with van der Waals surface area (Å²) in [6, 6.07) is 14.9. The molecule has 1 aliphatic rings. The van der Waals surface area contributed by atoms with Crippen LogP contribution in [-0.2, 0) is 4.74 Å². The third-order valence-electron chi connectivity index (χ3n) is 4.38. The van der Waals surface area contributed by atoms with Crippen molar-refractivity contribution < 1.29 is 14.3 Å². The Kier molecular flexibility index (Phi) is 4.89. The van der Waals surface area contributed by atoms with Gasteiger partial charge in [0.1, 0.15) is 11.4 Å². The second kappa shape index (κ2) is 7.80. The molecular formula is C22H17N3O3. The van der Waals surface area contributed by atoms with Crippen LogP contribution in [0.5, 0.6) is 5.75 Å². The molecule has 1 fully saturated rings. The predicted octanol–water partition coefficient (Wildman–Crippen LogP) is 3.41. The lowest BCUT2D eigenvalue weighted by atomic mass is 9.95. The summed E-state index contributed by atoms with van der Waals surface area (Å²) in [5.74, 6) is 6.78. The molecule has 1 N–H and O–H groups in total. The van der Waals surface area contributed by atoms with Crippen molar-refractivity contribution in [1.82, 2.24) is 15.3 Å². The second-order valence-electron chi connectivity index (χ2n) is 6.19. The molecule has 2 atom stereocenters. The summed E-state index contributed by atoms with van der Waals surface area (Å²) in [5.41, 5.74) is 3.18. The van der Waals surface area contributed by atoms with Crippen LogP contribution in [0.15, 0.2) is 67.1 Å². The molecule has 1 amide bonds. The molecule has 6 nitrogen and oxygen atoms in total. The highest BCUT2D eigenvalue weighted by Crippen LogP contribution is 2.37. The van der Waals surface area contributed by atoms with Crippen molar-refractivity contribution in [2.75, 3.05) is 7.11 Å². The van der Waals surface area contributed by atoms with Gasteiger partial charge in [-0.25, -0.2) is 9.78 Å². The Morgan fingerprint density at radius 3 is 2.75 bits per heavy atom. The second-order valence-corrected chi connectivity index (χ2v) is 6.19. The molecule has 0 unspecified atom stereocenters. The highest BCUT2D eigenvalue weighted by atomic mass is 16.6. The van der Waals surface area contributed by atoms with Crippen molar-refractivity contribution in [3.05, 3.63) is 89.5 Å². The van der Waals surface area contributed by atoms with Crippen LogP contribution >= 0.6 is 0 Å². The van der Waals surface area contributed by atoms with Gasteiger partial charge in [0, 0.05) is 18.0 Å². The molecule has 1 aromatic heterocycles. The van der Waals surface area contributed by atoms with Gasteiger partial charge in [-0.1, -0.05) is 30.2 Å². The molecule has 0 aliphatic carbocycles. The summed E-state index contributed by atoms with van der Waals surface area (Å²) in [6.07, 6.45) is 3.91. The minimum Gasteiger partial charge on any atom is -0.497 e. The number of rotatable bonds is 3.